The highest BCUT2D eigenvalue weighted by Crippen LogP contribution is 2.46. The van der Waals surface area contributed by atoms with Gasteiger partial charge in [0.15, 0.2) is 0 Å². The molecule has 19 heavy (non-hydrogen) atoms. The Bertz CT molecular complexity index is 239. The highest BCUT2D eigenvalue weighted by Gasteiger charge is 2.36. The fraction of sp³-hybridized carbons (Fsp3) is 1.00. The summed E-state index contributed by atoms with van der Waals surface area (Å²) in [5.41, 5.74) is 0. The molecule has 2 heterocycles. The first-order chi connectivity index (χ1) is 9.06. The van der Waals surface area contributed by atoms with E-state index in [4.69, 9.17) is 0 Å². The largest absolute Gasteiger partial charge is 0.157 e. The maximum atomic E-state index is 2.38. The van der Waals surface area contributed by atoms with Crippen LogP contribution in [0.15, 0.2) is 0 Å². The van der Waals surface area contributed by atoms with Crippen LogP contribution in [-0.2, 0) is 0 Å². The first-order valence-electron chi connectivity index (χ1n) is 7.95. The van der Waals surface area contributed by atoms with Gasteiger partial charge in [0.05, 0.1) is 0 Å². The molecule has 0 N–H and O–H groups in total. The second kappa shape index (κ2) is 7.89. The smallest absolute Gasteiger partial charge is 0.0177 e. The predicted octanol–water partition coefficient (Wildman–Crippen LogP) is 5.56. The van der Waals surface area contributed by atoms with Gasteiger partial charge in [-0.3, -0.25) is 0 Å². The topological polar surface area (TPSA) is 0 Å². The van der Waals surface area contributed by atoms with Crippen molar-refractivity contribution in [1.29, 1.82) is 0 Å². The van der Waals surface area contributed by atoms with E-state index in [1.165, 1.54) is 37.2 Å². The zero-order valence-corrected chi connectivity index (χ0v) is 15.4. The van der Waals surface area contributed by atoms with Crippen LogP contribution in [0.5, 0.6) is 0 Å². The average Bonchev–Trinajstić information content (AvgIpc) is 2.89. The molecule has 0 radical (unpaired) electrons. The van der Waals surface area contributed by atoms with Crippen molar-refractivity contribution in [3.05, 3.63) is 0 Å². The molecule has 4 atom stereocenters. The van der Waals surface area contributed by atoms with Gasteiger partial charge in [0, 0.05) is 21.0 Å². The molecule has 0 nitrogen and oxygen atoms in total. The molecule has 112 valence electrons. The second-order valence-corrected chi connectivity index (χ2v) is 11.0. The van der Waals surface area contributed by atoms with Gasteiger partial charge in [-0.1, -0.05) is 27.7 Å². The maximum Gasteiger partial charge on any atom is 0.0177 e. The van der Waals surface area contributed by atoms with E-state index in [-0.39, 0.29) is 0 Å². The van der Waals surface area contributed by atoms with Crippen molar-refractivity contribution in [2.75, 3.05) is 11.5 Å². The lowest BCUT2D eigenvalue weighted by atomic mass is 10.0. The van der Waals surface area contributed by atoms with Gasteiger partial charge >= 0.3 is 0 Å². The van der Waals surface area contributed by atoms with Gasteiger partial charge in [-0.05, 0) is 49.0 Å². The van der Waals surface area contributed by atoms with Gasteiger partial charge in [0.25, 0.3) is 0 Å². The lowest BCUT2D eigenvalue weighted by Crippen LogP contribution is -2.24. The van der Waals surface area contributed by atoms with E-state index in [2.05, 4.69) is 63.0 Å². The molecule has 0 bridgehead atoms. The summed E-state index contributed by atoms with van der Waals surface area (Å²) in [6, 6.07) is 0. The van der Waals surface area contributed by atoms with Gasteiger partial charge in [-0.2, -0.15) is 35.3 Å². The third kappa shape index (κ3) is 5.07. The van der Waals surface area contributed by atoms with Crippen molar-refractivity contribution in [3.63, 3.8) is 0 Å². The zero-order valence-electron chi connectivity index (χ0n) is 12.9. The molecular weight excluding hydrogens is 288 g/mol. The average molecular weight is 319 g/mol. The van der Waals surface area contributed by atoms with E-state index in [0.29, 0.717) is 0 Å². The number of hydrogen-bond donors (Lipinski definition) is 0. The third-order valence-electron chi connectivity index (χ3n) is 4.05. The van der Waals surface area contributed by atoms with Gasteiger partial charge in [-0.15, -0.1) is 0 Å². The molecule has 0 aromatic carbocycles. The standard InChI is InChI=1S/C16H30S3/c1-11(2)9-15-13(5-7-17-15)19-14-6-8-18-16(14)10-12(3)4/h11-16H,5-10H2,1-4H3. The van der Waals surface area contributed by atoms with E-state index >= 15 is 0 Å². The monoisotopic (exact) mass is 318 g/mol. The summed E-state index contributed by atoms with van der Waals surface area (Å²) in [5.74, 6) is 4.54. The molecule has 4 unspecified atom stereocenters. The third-order valence-corrected chi connectivity index (χ3v) is 9.07. The Kier molecular flexibility index (Phi) is 6.82. The van der Waals surface area contributed by atoms with E-state index in [1.807, 2.05) is 0 Å². The van der Waals surface area contributed by atoms with Crippen LogP contribution in [-0.4, -0.2) is 32.5 Å². The Morgan fingerprint density at radius 1 is 0.842 bits per heavy atom. The van der Waals surface area contributed by atoms with Gasteiger partial charge in [-0.25, -0.2) is 0 Å². The number of rotatable bonds is 6. The van der Waals surface area contributed by atoms with Crippen LogP contribution in [0.25, 0.3) is 0 Å². The molecule has 0 saturated carbocycles. The molecule has 2 saturated heterocycles. The molecule has 0 aromatic heterocycles. The molecule has 0 spiro atoms. The van der Waals surface area contributed by atoms with E-state index in [0.717, 1.165) is 32.8 Å². The Labute approximate surface area is 133 Å². The molecular formula is C16H30S3. The zero-order chi connectivity index (χ0) is 13.8. The number of hydrogen-bond acceptors (Lipinski definition) is 3. The molecule has 0 aliphatic carbocycles. The normalized spacial score (nSPS) is 35.7. The van der Waals surface area contributed by atoms with Gasteiger partial charge < -0.3 is 0 Å². The SMILES string of the molecule is CC(C)CC1SCCC1SC1CCSC1CC(C)C. The summed E-state index contributed by atoms with van der Waals surface area (Å²) in [5, 5.41) is 3.78. The minimum atomic E-state index is 0.864. The Morgan fingerprint density at radius 2 is 1.26 bits per heavy atom. The second-order valence-electron chi connectivity index (χ2n) is 6.87. The molecule has 2 aliphatic heterocycles. The first kappa shape index (κ1) is 16.4. The highest BCUT2D eigenvalue weighted by molar-refractivity contribution is 8.06. The van der Waals surface area contributed by atoms with Crippen LogP contribution in [0.1, 0.15) is 53.4 Å². The van der Waals surface area contributed by atoms with Crippen molar-refractivity contribution < 1.29 is 0 Å². The molecule has 3 heteroatoms. The summed E-state index contributed by atoms with van der Waals surface area (Å²) >= 11 is 6.87. The Morgan fingerprint density at radius 3 is 1.63 bits per heavy atom. The fourth-order valence-electron chi connectivity index (χ4n) is 3.16. The molecule has 2 aliphatic rings. The minimum absolute atomic E-state index is 0.864. The summed E-state index contributed by atoms with van der Waals surface area (Å²) in [4.78, 5) is 0. The molecule has 0 amide bonds. The van der Waals surface area contributed by atoms with E-state index in [9.17, 15) is 0 Å². The summed E-state index contributed by atoms with van der Waals surface area (Å²) in [6.07, 6.45) is 5.78. The van der Waals surface area contributed by atoms with Crippen LogP contribution in [0, 0.1) is 11.8 Å². The highest BCUT2D eigenvalue weighted by atomic mass is 32.2. The van der Waals surface area contributed by atoms with Crippen LogP contribution in [0.2, 0.25) is 0 Å². The number of thioether (sulfide) groups is 3. The van der Waals surface area contributed by atoms with Gasteiger partial charge in [0.2, 0.25) is 0 Å². The molecule has 2 fully saturated rings. The van der Waals surface area contributed by atoms with E-state index in [1.54, 1.807) is 0 Å². The van der Waals surface area contributed by atoms with Crippen molar-refractivity contribution in [3.8, 4) is 0 Å². The summed E-state index contributed by atoms with van der Waals surface area (Å²) < 4.78 is 0. The Hall–Kier alpha value is 1.05. The van der Waals surface area contributed by atoms with Crippen LogP contribution >= 0.6 is 35.3 Å². The lowest BCUT2D eigenvalue weighted by Gasteiger charge is -2.26. The van der Waals surface area contributed by atoms with Crippen molar-refractivity contribution in [1.82, 2.24) is 0 Å². The first-order valence-corrected chi connectivity index (χ1v) is 11.0. The van der Waals surface area contributed by atoms with Gasteiger partial charge in [0.1, 0.15) is 0 Å². The Balaban J connectivity index is 1.85. The quantitative estimate of drug-likeness (QED) is 0.629. The molecule has 0 aromatic rings. The van der Waals surface area contributed by atoms with Crippen LogP contribution in [0.4, 0.5) is 0 Å². The minimum Gasteiger partial charge on any atom is -0.157 e. The van der Waals surface area contributed by atoms with Crippen molar-refractivity contribution >= 4 is 35.3 Å². The predicted molar refractivity (Wildman–Crippen MR) is 95.8 cm³/mol. The fourth-order valence-corrected chi connectivity index (χ4v) is 8.98. The van der Waals surface area contributed by atoms with Crippen LogP contribution in [0.3, 0.4) is 0 Å². The van der Waals surface area contributed by atoms with E-state index < -0.39 is 0 Å². The summed E-state index contributed by atoms with van der Waals surface area (Å²) in [6.45, 7) is 9.53. The van der Waals surface area contributed by atoms with Crippen LogP contribution < -0.4 is 0 Å². The maximum absolute atomic E-state index is 2.38. The lowest BCUT2D eigenvalue weighted by molar-refractivity contribution is 0.553. The van der Waals surface area contributed by atoms with Crippen molar-refractivity contribution in [2.24, 2.45) is 11.8 Å². The summed E-state index contributed by atoms with van der Waals surface area (Å²) in [7, 11) is 0. The molecule has 2 rings (SSSR count). The van der Waals surface area contributed by atoms with Crippen molar-refractivity contribution in [2.45, 2.75) is 74.4 Å².